The number of carboxylic acid groups (broad SMARTS) is 1. The van der Waals surface area contributed by atoms with E-state index in [1.165, 1.54) is 12.5 Å². The maximum absolute atomic E-state index is 12.7. The molecule has 0 spiro atoms. The van der Waals surface area contributed by atoms with E-state index >= 15 is 0 Å². The summed E-state index contributed by atoms with van der Waals surface area (Å²) in [6.07, 6.45) is 17.1. The van der Waals surface area contributed by atoms with Crippen LogP contribution in [0.25, 0.3) is 22.5 Å². The van der Waals surface area contributed by atoms with Gasteiger partial charge in [0, 0.05) is 48.2 Å². The van der Waals surface area contributed by atoms with E-state index in [2.05, 4.69) is 34.8 Å². The monoisotopic (exact) mass is 797 g/mol. The van der Waals surface area contributed by atoms with Crippen molar-refractivity contribution in [2.75, 3.05) is 5.73 Å². The van der Waals surface area contributed by atoms with Crippen LogP contribution < -0.4 is 5.73 Å². The lowest BCUT2D eigenvalue weighted by atomic mass is 9.77. The molecule has 8 rings (SSSR count). The van der Waals surface area contributed by atoms with Gasteiger partial charge in [0.25, 0.3) is 0 Å². The molecule has 6 aromatic rings. The van der Waals surface area contributed by atoms with Gasteiger partial charge in [-0.3, -0.25) is 34.1 Å². The lowest BCUT2D eigenvalue weighted by Crippen LogP contribution is -2.24. The second-order valence-electron chi connectivity index (χ2n) is 14.9. The predicted molar refractivity (Wildman–Crippen MR) is 217 cm³/mol. The number of nitrogens with zero attached hydrogens (tertiary/aromatic N) is 6. The molecule has 0 unspecified atom stereocenters. The van der Waals surface area contributed by atoms with Crippen molar-refractivity contribution in [2.24, 2.45) is 23.7 Å². The van der Waals surface area contributed by atoms with E-state index in [4.69, 9.17) is 15.4 Å². The number of hydrogen-bond donors (Lipinski definition) is 2. The minimum Gasteiger partial charge on any atom is -0.481 e. The Labute approximate surface area is 341 Å². The van der Waals surface area contributed by atoms with Crippen LogP contribution >= 0.6 is 0 Å². The lowest BCUT2D eigenvalue weighted by Gasteiger charge is -2.27. The summed E-state index contributed by atoms with van der Waals surface area (Å²) < 4.78 is 9.36. The third-order valence-corrected chi connectivity index (χ3v) is 10.8. The van der Waals surface area contributed by atoms with Crippen LogP contribution in [0.2, 0.25) is 0 Å². The Balaban J connectivity index is 0.000000165. The van der Waals surface area contributed by atoms with Crippen LogP contribution in [0.4, 0.5) is 5.82 Å². The molecule has 4 aromatic heterocycles. The number of aliphatic carboxylic acids is 1. The summed E-state index contributed by atoms with van der Waals surface area (Å²) in [5.74, 6) is 0.360. The Kier molecular flexibility index (Phi) is 15.0. The zero-order valence-corrected chi connectivity index (χ0v) is 32.6. The lowest BCUT2D eigenvalue weighted by molar-refractivity contribution is -0.143. The van der Waals surface area contributed by atoms with Gasteiger partial charge >= 0.3 is 5.97 Å². The molecule has 2 aliphatic rings. The summed E-state index contributed by atoms with van der Waals surface area (Å²) in [6, 6.07) is 22.9. The van der Waals surface area contributed by atoms with Crippen molar-refractivity contribution in [1.82, 2.24) is 30.2 Å². The minimum atomic E-state index is -0.716. The maximum atomic E-state index is 12.7. The Morgan fingerprint density at radius 3 is 1.46 bits per heavy atom. The zero-order chi connectivity index (χ0) is 41.4. The number of carbonyl (C=O) groups excluding carboxylic acids is 3. The molecule has 3 N–H and O–H groups in total. The average Bonchev–Trinajstić information content (AvgIpc) is 4.03. The first-order valence-corrected chi connectivity index (χ1v) is 19.8. The summed E-state index contributed by atoms with van der Waals surface area (Å²) in [6.45, 7) is 0. The third kappa shape index (κ3) is 12.6. The molecule has 0 amide bonds. The molecule has 304 valence electrons. The second-order valence-corrected chi connectivity index (χ2v) is 14.9. The summed E-state index contributed by atoms with van der Waals surface area (Å²) in [7, 11) is 0. The first-order chi connectivity index (χ1) is 28.7. The number of nitrogen functional groups attached to an aromatic ring is 1. The number of rotatable bonds is 12. The van der Waals surface area contributed by atoms with Gasteiger partial charge in [-0.1, -0.05) is 71.0 Å². The zero-order valence-electron chi connectivity index (χ0n) is 32.6. The minimum absolute atomic E-state index is 0.0160. The van der Waals surface area contributed by atoms with Crippen LogP contribution in [0.5, 0.6) is 0 Å². The molecular weight excluding hydrogens is 751 g/mol. The molecular formula is C45H47N7O7. The van der Waals surface area contributed by atoms with Crippen molar-refractivity contribution in [2.45, 2.75) is 70.6 Å². The third-order valence-electron chi connectivity index (χ3n) is 10.8. The fourth-order valence-corrected chi connectivity index (χ4v) is 7.37. The molecule has 2 fully saturated rings. The quantitative estimate of drug-likeness (QED) is 0.112. The topological polar surface area (TPSA) is 218 Å². The van der Waals surface area contributed by atoms with E-state index < -0.39 is 5.97 Å². The van der Waals surface area contributed by atoms with Crippen molar-refractivity contribution >= 4 is 29.1 Å². The van der Waals surface area contributed by atoms with Crippen molar-refractivity contribution in [3.05, 3.63) is 127 Å². The number of hydrogen-bond acceptors (Lipinski definition) is 13. The van der Waals surface area contributed by atoms with E-state index in [-0.39, 0.29) is 35.1 Å². The SMILES string of the molecule is Nc1cnc(-c2ccccc2)cn1.O=C(CC1CCC(C(=O)Cc2cnc(-c3ccccc3)cn2)CC1)c1ccon1.O=C(CC1CCC(C(=O)O)CC1)c1ccon1. The number of carbonyl (C=O) groups is 4. The van der Waals surface area contributed by atoms with Gasteiger partial charge < -0.3 is 19.9 Å². The number of aromatic nitrogens is 6. The van der Waals surface area contributed by atoms with Crippen molar-refractivity contribution in [3.8, 4) is 22.5 Å². The van der Waals surface area contributed by atoms with E-state index in [1.54, 1.807) is 36.9 Å². The number of anilines is 1. The molecule has 2 aromatic carbocycles. The van der Waals surface area contributed by atoms with Gasteiger partial charge in [0.1, 0.15) is 35.5 Å². The van der Waals surface area contributed by atoms with E-state index in [9.17, 15) is 19.2 Å². The van der Waals surface area contributed by atoms with Crippen molar-refractivity contribution < 1.29 is 33.3 Å². The van der Waals surface area contributed by atoms with Gasteiger partial charge in [0.05, 0.1) is 48.0 Å². The Hall–Kier alpha value is -6.70. The number of benzene rings is 2. The molecule has 0 radical (unpaired) electrons. The fourth-order valence-electron chi connectivity index (χ4n) is 7.37. The number of carboxylic acids is 1. The van der Waals surface area contributed by atoms with E-state index in [0.29, 0.717) is 60.9 Å². The van der Waals surface area contributed by atoms with Gasteiger partial charge in [-0.15, -0.1) is 0 Å². The normalized spacial score (nSPS) is 18.6. The number of ketones is 3. The van der Waals surface area contributed by atoms with Crippen LogP contribution in [0.15, 0.2) is 119 Å². The summed E-state index contributed by atoms with van der Waals surface area (Å²) in [5.41, 5.74) is 10.6. The molecule has 2 saturated carbocycles. The largest absolute Gasteiger partial charge is 0.481 e. The summed E-state index contributed by atoms with van der Waals surface area (Å²) in [5, 5.41) is 16.2. The highest BCUT2D eigenvalue weighted by atomic mass is 16.5. The first-order valence-electron chi connectivity index (χ1n) is 19.8. The molecule has 59 heavy (non-hydrogen) atoms. The van der Waals surface area contributed by atoms with Crippen molar-refractivity contribution in [3.63, 3.8) is 0 Å². The highest BCUT2D eigenvalue weighted by Gasteiger charge is 2.29. The highest BCUT2D eigenvalue weighted by molar-refractivity contribution is 5.94. The standard InChI is InChI=1S/C23H23N3O3.C12H15NO4.C10H9N3/c27-22(13-19-14-25-21(15-24-19)17-4-2-1-3-5-17)18-8-6-16(7-9-18)12-23(28)20-10-11-29-26-20;14-11(10-5-6-17-13-10)7-8-1-3-9(4-2-8)12(15)16;11-10-7-12-9(6-13-10)8-4-2-1-3-5-8/h1-5,10-11,14-16,18H,6-9,12-13H2;5-6,8-9H,1-4,7H2,(H,15,16);1-7H,(H2,11,13). The summed E-state index contributed by atoms with van der Waals surface area (Å²) in [4.78, 5) is 64.4. The predicted octanol–water partition coefficient (Wildman–Crippen LogP) is 8.19. The molecule has 2 aliphatic carbocycles. The van der Waals surface area contributed by atoms with E-state index in [0.717, 1.165) is 61.0 Å². The Morgan fingerprint density at radius 2 is 1.05 bits per heavy atom. The molecule has 14 nitrogen and oxygen atoms in total. The first kappa shape index (κ1) is 41.9. The summed E-state index contributed by atoms with van der Waals surface area (Å²) >= 11 is 0. The molecule has 0 aliphatic heterocycles. The Morgan fingerprint density at radius 1 is 0.576 bits per heavy atom. The number of nitrogens with two attached hydrogens (primary N) is 1. The van der Waals surface area contributed by atoms with Gasteiger partial charge in [-0.25, -0.2) is 4.98 Å². The van der Waals surface area contributed by atoms with E-state index in [1.807, 2.05) is 60.7 Å². The maximum Gasteiger partial charge on any atom is 0.306 e. The smallest absolute Gasteiger partial charge is 0.306 e. The van der Waals surface area contributed by atoms with Gasteiger partial charge in [-0.2, -0.15) is 0 Å². The molecule has 4 heterocycles. The van der Waals surface area contributed by atoms with Crippen LogP contribution in [0, 0.1) is 23.7 Å². The molecule has 0 saturated heterocycles. The fraction of sp³-hybridized carbons (Fsp3) is 0.333. The Bertz CT molecular complexity index is 2200. The van der Waals surface area contributed by atoms with Gasteiger partial charge in [0.15, 0.2) is 11.6 Å². The molecule has 0 bridgehead atoms. The highest BCUT2D eigenvalue weighted by Crippen LogP contribution is 2.33. The van der Waals surface area contributed by atoms with Crippen molar-refractivity contribution in [1.29, 1.82) is 0 Å². The second kappa shape index (κ2) is 21.2. The van der Waals surface area contributed by atoms with Crippen LogP contribution in [0.1, 0.15) is 90.9 Å². The van der Waals surface area contributed by atoms with Gasteiger partial charge in [0.2, 0.25) is 0 Å². The van der Waals surface area contributed by atoms with Crippen LogP contribution in [0.3, 0.4) is 0 Å². The average molecular weight is 798 g/mol. The molecule has 14 heteroatoms. The number of Topliss-reactive ketones (excluding diaryl/α,β-unsaturated/α-hetero) is 3. The van der Waals surface area contributed by atoms with Crippen LogP contribution in [-0.4, -0.2) is 58.7 Å². The van der Waals surface area contributed by atoms with Gasteiger partial charge in [-0.05, 0) is 63.2 Å². The van der Waals surface area contributed by atoms with Crippen LogP contribution in [-0.2, 0) is 16.0 Å². The molecule has 0 atom stereocenters.